The Morgan fingerprint density at radius 2 is 1.84 bits per heavy atom. The van der Waals surface area contributed by atoms with Crippen LogP contribution in [0.15, 0.2) is 36.4 Å². The van der Waals surface area contributed by atoms with Crippen LogP contribution in [0, 0.1) is 10.1 Å². The number of nitrogens with one attached hydrogen (secondary N) is 1. The summed E-state index contributed by atoms with van der Waals surface area (Å²) >= 11 is 12.0. The average molecular weight is 399 g/mol. The molecule has 0 aliphatic heterocycles. The van der Waals surface area contributed by atoms with Crippen molar-refractivity contribution in [2.45, 2.75) is 19.6 Å². The molecule has 0 fully saturated rings. The fraction of sp³-hybridized carbons (Fsp3) is 0.188. The van der Waals surface area contributed by atoms with Gasteiger partial charge < -0.3 is 9.74 Å². The molecule has 0 aromatic heterocycles. The smallest absolute Gasteiger partial charge is 0.271 e. The lowest BCUT2D eigenvalue weighted by molar-refractivity contribution is -0.384. The van der Waals surface area contributed by atoms with E-state index in [2.05, 4.69) is 5.32 Å². The summed E-state index contributed by atoms with van der Waals surface area (Å²) in [5.41, 5.74) is 0.369. The van der Waals surface area contributed by atoms with E-state index in [0.717, 1.165) is 0 Å². The highest BCUT2D eigenvalue weighted by atomic mass is 35.5. The number of non-ortho nitro benzene ring substituents is 1. The molecule has 0 saturated carbocycles. The SMILES string of the molecule is C[Si](C)(C)Oc1ccc(Cl)cc1C(=O)Nc1ccc([N+](=O)[O-])cc1Cl. The van der Waals surface area contributed by atoms with E-state index < -0.39 is 19.1 Å². The number of amides is 1. The Morgan fingerprint density at radius 1 is 1.16 bits per heavy atom. The molecule has 0 atom stereocenters. The van der Waals surface area contributed by atoms with Crippen molar-refractivity contribution in [1.82, 2.24) is 0 Å². The minimum atomic E-state index is -1.94. The minimum Gasteiger partial charge on any atom is -0.544 e. The highest BCUT2D eigenvalue weighted by Crippen LogP contribution is 2.30. The molecule has 0 heterocycles. The maximum absolute atomic E-state index is 12.6. The van der Waals surface area contributed by atoms with Crippen LogP contribution < -0.4 is 9.74 Å². The normalized spacial score (nSPS) is 11.1. The largest absolute Gasteiger partial charge is 0.544 e. The average Bonchev–Trinajstić information content (AvgIpc) is 2.49. The van der Waals surface area contributed by atoms with Crippen molar-refractivity contribution in [2.75, 3.05) is 5.32 Å². The molecule has 1 amide bonds. The van der Waals surface area contributed by atoms with Crippen molar-refractivity contribution in [2.24, 2.45) is 0 Å². The molecule has 0 spiro atoms. The van der Waals surface area contributed by atoms with Crippen LogP contribution in [0.25, 0.3) is 0 Å². The molecule has 0 bridgehead atoms. The van der Waals surface area contributed by atoms with Gasteiger partial charge in [-0.1, -0.05) is 23.2 Å². The highest BCUT2D eigenvalue weighted by Gasteiger charge is 2.22. The van der Waals surface area contributed by atoms with E-state index >= 15 is 0 Å². The van der Waals surface area contributed by atoms with Crippen molar-refractivity contribution in [1.29, 1.82) is 0 Å². The predicted molar refractivity (Wildman–Crippen MR) is 101 cm³/mol. The molecule has 1 N–H and O–H groups in total. The molecule has 2 aromatic carbocycles. The first-order valence-corrected chi connectivity index (χ1v) is 11.5. The molecule has 0 aliphatic carbocycles. The van der Waals surface area contributed by atoms with Gasteiger partial charge in [0.1, 0.15) is 5.75 Å². The van der Waals surface area contributed by atoms with E-state index in [9.17, 15) is 14.9 Å². The first-order valence-electron chi connectivity index (χ1n) is 7.31. The van der Waals surface area contributed by atoms with Crippen LogP contribution in [0.4, 0.5) is 11.4 Å². The summed E-state index contributed by atoms with van der Waals surface area (Å²) < 4.78 is 5.92. The standard InChI is InChI=1S/C16H16Cl2N2O4Si/c1-25(2,3)24-15-7-4-10(17)8-12(15)16(21)19-14-6-5-11(20(22)23)9-13(14)18/h4-9H,1-3H3,(H,19,21). The third-order valence-electron chi connectivity index (χ3n) is 3.01. The molecule has 25 heavy (non-hydrogen) atoms. The van der Waals surface area contributed by atoms with Crippen molar-refractivity contribution in [3.05, 3.63) is 62.1 Å². The van der Waals surface area contributed by atoms with Gasteiger partial charge in [0.05, 0.1) is 21.2 Å². The minimum absolute atomic E-state index is 0.0669. The molecule has 0 saturated heterocycles. The third kappa shape index (κ3) is 5.19. The number of halogens is 2. The lowest BCUT2D eigenvalue weighted by Gasteiger charge is -2.21. The van der Waals surface area contributed by atoms with E-state index in [1.54, 1.807) is 12.1 Å². The first kappa shape index (κ1) is 19.2. The summed E-state index contributed by atoms with van der Waals surface area (Å²) in [7, 11) is -1.94. The van der Waals surface area contributed by atoms with E-state index in [0.29, 0.717) is 10.8 Å². The van der Waals surface area contributed by atoms with Gasteiger partial charge in [-0.05, 0) is 43.9 Å². The third-order valence-corrected chi connectivity index (χ3v) is 4.39. The molecule has 132 valence electrons. The Labute approximate surface area is 156 Å². The predicted octanol–water partition coefficient (Wildman–Crippen LogP) is 5.37. The van der Waals surface area contributed by atoms with Gasteiger partial charge in [0.25, 0.3) is 11.6 Å². The monoisotopic (exact) mass is 398 g/mol. The van der Waals surface area contributed by atoms with Crippen LogP contribution in [-0.2, 0) is 0 Å². The number of nitro benzene ring substituents is 1. The van der Waals surface area contributed by atoms with Gasteiger partial charge in [-0.2, -0.15) is 0 Å². The molecule has 2 rings (SSSR count). The number of nitro groups is 1. The summed E-state index contributed by atoms with van der Waals surface area (Å²) in [6.45, 7) is 5.99. The number of anilines is 1. The van der Waals surface area contributed by atoms with E-state index in [-0.39, 0.29) is 22.0 Å². The second-order valence-electron chi connectivity index (χ2n) is 6.23. The Balaban J connectivity index is 2.32. The second-order valence-corrected chi connectivity index (χ2v) is 11.5. The van der Waals surface area contributed by atoms with Gasteiger partial charge in [-0.15, -0.1) is 0 Å². The Hall–Kier alpha value is -2.09. The fourth-order valence-electron chi connectivity index (χ4n) is 2.01. The quantitative estimate of drug-likeness (QED) is 0.417. The summed E-state index contributed by atoms with van der Waals surface area (Å²) in [6, 6.07) is 8.61. The van der Waals surface area contributed by atoms with Crippen LogP contribution >= 0.6 is 23.2 Å². The highest BCUT2D eigenvalue weighted by molar-refractivity contribution is 6.70. The van der Waals surface area contributed by atoms with Crippen LogP contribution in [-0.4, -0.2) is 19.1 Å². The van der Waals surface area contributed by atoms with E-state index in [1.807, 2.05) is 19.6 Å². The molecule has 0 aliphatic rings. The Bertz CT molecular complexity index is 837. The number of benzene rings is 2. The molecular formula is C16H16Cl2N2O4Si. The van der Waals surface area contributed by atoms with E-state index in [1.165, 1.54) is 24.3 Å². The van der Waals surface area contributed by atoms with Gasteiger partial charge in [-0.3, -0.25) is 14.9 Å². The van der Waals surface area contributed by atoms with Gasteiger partial charge in [0.2, 0.25) is 8.32 Å². The van der Waals surface area contributed by atoms with Crippen LogP contribution in [0.2, 0.25) is 29.7 Å². The summed E-state index contributed by atoms with van der Waals surface area (Å²) in [5, 5.41) is 13.8. The zero-order valence-electron chi connectivity index (χ0n) is 13.8. The van der Waals surface area contributed by atoms with Crippen LogP contribution in [0.3, 0.4) is 0 Å². The lowest BCUT2D eigenvalue weighted by atomic mass is 10.2. The van der Waals surface area contributed by atoms with Gasteiger partial charge in [-0.25, -0.2) is 0 Å². The summed E-state index contributed by atoms with van der Waals surface area (Å²) in [6.07, 6.45) is 0. The van der Waals surface area contributed by atoms with Gasteiger partial charge in [0.15, 0.2) is 0 Å². The number of hydrogen-bond acceptors (Lipinski definition) is 4. The van der Waals surface area contributed by atoms with Crippen molar-refractivity contribution in [3.8, 4) is 5.75 Å². The maximum Gasteiger partial charge on any atom is 0.271 e. The Kier molecular flexibility index (Phi) is 5.71. The number of carbonyl (C=O) groups excluding carboxylic acids is 1. The zero-order valence-corrected chi connectivity index (χ0v) is 16.3. The molecular weight excluding hydrogens is 383 g/mol. The lowest BCUT2D eigenvalue weighted by Crippen LogP contribution is -2.30. The summed E-state index contributed by atoms with van der Waals surface area (Å²) in [4.78, 5) is 22.8. The number of nitrogens with zero attached hydrogens (tertiary/aromatic N) is 1. The first-order chi connectivity index (χ1) is 11.6. The molecule has 6 nitrogen and oxygen atoms in total. The number of hydrogen-bond donors (Lipinski definition) is 1. The molecule has 0 radical (unpaired) electrons. The number of carbonyl (C=O) groups is 1. The maximum atomic E-state index is 12.6. The van der Waals surface area contributed by atoms with Crippen LogP contribution in [0.1, 0.15) is 10.4 Å². The number of rotatable bonds is 5. The second kappa shape index (κ2) is 7.43. The van der Waals surface area contributed by atoms with Crippen molar-refractivity contribution < 1.29 is 14.1 Å². The Morgan fingerprint density at radius 3 is 2.40 bits per heavy atom. The zero-order chi connectivity index (χ0) is 18.8. The summed E-state index contributed by atoms with van der Waals surface area (Å²) in [5.74, 6) is -0.0365. The topological polar surface area (TPSA) is 81.5 Å². The molecule has 2 aromatic rings. The molecule has 9 heteroatoms. The van der Waals surface area contributed by atoms with Crippen molar-refractivity contribution in [3.63, 3.8) is 0 Å². The van der Waals surface area contributed by atoms with E-state index in [4.69, 9.17) is 27.6 Å². The molecule has 0 unspecified atom stereocenters. The van der Waals surface area contributed by atoms with Crippen LogP contribution in [0.5, 0.6) is 5.75 Å². The fourth-order valence-corrected chi connectivity index (χ4v) is 3.24. The van der Waals surface area contributed by atoms with Gasteiger partial charge in [0, 0.05) is 17.2 Å². The van der Waals surface area contributed by atoms with Crippen molar-refractivity contribution >= 4 is 48.8 Å². The van der Waals surface area contributed by atoms with Gasteiger partial charge >= 0.3 is 0 Å².